The van der Waals surface area contributed by atoms with E-state index in [4.69, 9.17) is 14.6 Å². The van der Waals surface area contributed by atoms with E-state index in [-0.39, 0.29) is 0 Å². The van der Waals surface area contributed by atoms with Gasteiger partial charge < -0.3 is 9.05 Å². The Morgan fingerprint density at radius 3 is 1.63 bits per heavy atom. The highest BCUT2D eigenvalue weighted by Crippen LogP contribution is 2.44. The van der Waals surface area contributed by atoms with Crippen molar-refractivity contribution in [3.05, 3.63) is 71.1 Å². The van der Waals surface area contributed by atoms with Gasteiger partial charge in [0.1, 0.15) is 11.5 Å². The monoisotopic (exact) mass is 275 g/mol. The number of benzene rings is 2. The van der Waals surface area contributed by atoms with Crippen LogP contribution in [0.1, 0.15) is 0 Å². The van der Waals surface area contributed by atoms with Gasteiger partial charge >= 0.3 is 13.3 Å². The molecular weight excluding hydrogens is 265 g/mol. The Hall–Kier alpha value is -2.42. The maximum Gasteiger partial charge on any atom is 0.640 e. The maximum atomic E-state index is 12.3. The molecule has 0 saturated heterocycles. The zero-order chi connectivity index (χ0) is 13.6. The lowest BCUT2D eigenvalue weighted by Crippen LogP contribution is -2.03. The van der Waals surface area contributed by atoms with Gasteiger partial charge in [0.05, 0.1) is 0 Å². The Morgan fingerprint density at radius 2 is 1.26 bits per heavy atom. The van der Waals surface area contributed by atoms with Gasteiger partial charge in [-0.05, 0) is 24.3 Å². The third-order valence-corrected chi connectivity index (χ3v) is 3.26. The average Bonchev–Trinajstić information content (AvgIpc) is 2.41. The molecule has 2 aromatic carbocycles. The van der Waals surface area contributed by atoms with Crippen molar-refractivity contribution in [1.82, 2.24) is 4.88 Å². The minimum absolute atomic E-state index is 0.300. The third-order valence-electron chi connectivity index (χ3n) is 2.08. The van der Waals surface area contributed by atoms with E-state index in [2.05, 4.69) is 9.80 Å². The van der Waals surface area contributed by atoms with Crippen molar-refractivity contribution in [1.29, 1.82) is 0 Å². The van der Waals surface area contributed by atoms with Crippen molar-refractivity contribution in [2.24, 2.45) is 0 Å². The molecule has 0 atom stereocenters. The third kappa shape index (κ3) is 3.78. The van der Waals surface area contributed by atoms with Crippen molar-refractivity contribution >= 4 is 7.75 Å². The van der Waals surface area contributed by atoms with Crippen LogP contribution in [-0.4, -0.2) is 0 Å². The molecule has 0 aliphatic carbocycles. The topological polar surface area (TPSA) is 86.0 Å². The second-order valence-corrected chi connectivity index (χ2v) is 4.94. The minimum Gasteiger partial charge on any atom is -0.395 e. The van der Waals surface area contributed by atoms with E-state index >= 15 is 0 Å². The largest absolute Gasteiger partial charge is 0.640 e. The SMILES string of the molecule is [N-]=[N+]=[N+]P(=O)(Oc1ccccc1)Oc1ccccc1. The number of azide groups is 1. The molecule has 0 amide bonds. The smallest absolute Gasteiger partial charge is 0.395 e. The molecule has 6 nitrogen and oxygen atoms in total. The molecule has 2 rings (SSSR count). The van der Waals surface area contributed by atoms with Crippen LogP contribution in [0.2, 0.25) is 0 Å². The quantitative estimate of drug-likeness (QED) is 0.359. The molecule has 19 heavy (non-hydrogen) atoms. The predicted molar refractivity (Wildman–Crippen MR) is 70.6 cm³/mol. The lowest BCUT2D eigenvalue weighted by atomic mass is 10.3. The first kappa shape index (κ1) is 13.0. The highest BCUT2D eigenvalue weighted by molar-refractivity contribution is 7.52. The number of rotatable bonds is 5. The summed E-state index contributed by atoms with van der Waals surface area (Å²) in [5.41, 5.74) is 8.48. The zero-order valence-corrected chi connectivity index (χ0v) is 10.7. The van der Waals surface area contributed by atoms with E-state index in [0.29, 0.717) is 11.5 Å². The van der Waals surface area contributed by atoms with Crippen molar-refractivity contribution < 1.29 is 13.6 Å². The molecule has 1 radical (unpaired) electrons. The summed E-state index contributed by atoms with van der Waals surface area (Å²) in [7, 11) is -3.95. The fourth-order valence-electron chi connectivity index (χ4n) is 1.33. The van der Waals surface area contributed by atoms with E-state index in [9.17, 15) is 4.57 Å². The number of nitrogens with zero attached hydrogens (tertiary/aromatic N) is 3. The first-order chi connectivity index (χ1) is 9.22. The normalized spacial score (nSPS) is 10.3. The summed E-state index contributed by atoms with van der Waals surface area (Å²) in [6, 6.07) is 16.8. The molecule has 0 heterocycles. The molecule has 7 heteroatoms. The van der Waals surface area contributed by atoms with Crippen LogP contribution in [0.15, 0.2) is 60.7 Å². The molecule has 0 aliphatic heterocycles. The molecule has 2 aromatic rings. The molecule has 0 spiro atoms. The summed E-state index contributed by atoms with van der Waals surface area (Å²) in [4.78, 5) is 5.65. The number of hydrogen-bond donors (Lipinski definition) is 0. The standard InChI is InChI=1S/C12H10N3O3P/c13-14-15-19(16,17-11-7-3-1-4-8-11)18-12-9-5-2-6-10-12/h1-10H/q+1. The molecule has 0 aliphatic rings. The van der Waals surface area contributed by atoms with Gasteiger partial charge in [-0.25, -0.2) is 4.57 Å². The Bertz CT molecular complexity index is 582. The molecule has 95 valence electrons. The lowest BCUT2D eigenvalue weighted by Gasteiger charge is -2.10. The molecule has 0 saturated carbocycles. The van der Waals surface area contributed by atoms with Crippen LogP contribution in [0.3, 0.4) is 0 Å². The van der Waals surface area contributed by atoms with Crippen LogP contribution in [0.4, 0.5) is 0 Å². The van der Waals surface area contributed by atoms with Crippen LogP contribution < -0.4 is 13.9 Å². The van der Waals surface area contributed by atoms with Crippen LogP contribution in [0.25, 0.3) is 10.4 Å². The van der Waals surface area contributed by atoms with Crippen molar-refractivity contribution in [3.8, 4) is 11.5 Å². The summed E-state index contributed by atoms with van der Waals surface area (Å²) in [5.74, 6) is 0.600. The molecular formula is C12H10N3O3P+. The predicted octanol–water partition coefficient (Wildman–Crippen LogP) is 3.90. The fourth-order valence-corrected chi connectivity index (χ4v) is 2.32. The van der Waals surface area contributed by atoms with Gasteiger partial charge in [0.15, 0.2) is 0 Å². The Balaban J connectivity index is 2.23. The van der Waals surface area contributed by atoms with Crippen LogP contribution in [0.5, 0.6) is 11.5 Å². The Kier molecular flexibility index (Phi) is 4.08. The minimum atomic E-state index is -3.95. The van der Waals surface area contributed by atoms with Crippen LogP contribution in [-0.2, 0) is 4.57 Å². The van der Waals surface area contributed by atoms with E-state index < -0.39 is 7.75 Å². The fraction of sp³-hybridized carbons (Fsp3) is 0. The molecule has 0 N–H and O–H groups in total. The first-order valence-corrected chi connectivity index (χ1v) is 6.87. The highest BCUT2D eigenvalue weighted by atomic mass is 31.2. The van der Waals surface area contributed by atoms with Crippen molar-refractivity contribution in [3.63, 3.8) is 0 Å². The Labute approximate surface area is 109 Å². The van der Waals surface area contributed by atoms with Gasteiger partial charge in [0, 0.05) is 0 Å². The van der Waals surface area contributed by atoms with Gasteiger partial charge in [-0.15, -0.1) is 0 Å². The van der Waals surface area contributed by atoms with Crippen molar-refractivity contribution in [2.45, 2.75) is 0 Å². The van der Waals surface area contributed by atoms with Crippen LogP contribution in [0, 0.1) is 0 Å². The Morgan fingerprint density at radius 1 is 0.842 bits per heavy atom. The van der Waals surface area contributed by atoms with Gasteiger partial charge in [-0.3, -0.25) is 0 Å². The first-order valence-electron chi connectivity index (χ1n) is 5.38. The second-order valence-electron chi connectivity index (χ2n) is 3.46. The van der Waals surface area contributed by atoms with Gasteiger partial charge in [-0.1, -0.05) is 36.4 Å². The maximum absolute atomic E-state index is 12.3. The number of para-hydroxylation sites is 2. The number of hydrogen-bond acceptors (Lipinski definition) is 3. The highest BCUT2D eigenvalue weighted by Gasteiger charge is 2.35. The van der Waals surface area contributed by atoms with E-state index in [1.54, 1.807) is 60.7 Å². The molecule has 0 unspecified atom stereocenters. The van der Waals surface area contributed by atoms with Crippen LogP contribution >= 0.6 is 7.75 Å². The summed E-state index contributed by atoms with van der Waals surface area (Å²) in [6.45, 7) is 0. The van der Waals surface area contributed by atoms with Gasteiger partial charge in [0.25, 0.3) is 9.80 Å². The van der Waals surface area contributed by atoms with Crippen molar-refractivity contribution in [2.75, 3.05) is 0 Å². The summed E-state index contributed by atoms with van der Waals surface area (Å²) in [5, 5.41) is 0. The van der Waals surface area contributed by atoms with Gasteiger partial charge in [-0.2, -0.15) is 0 Å². The average molecular weight is 275 g/mol. The van der Waals surface area contributed by atoms with E-state index in [1.807, 2.05) is 0 Å². The molecule has 0 fully saturated rings. The molecule has 0 bridgehead atoms. The zero-order valence-electron chi connectivity index (χ0n) is 9.79. The summed E-state index contributed by atoms with van der Waals surface area (Å²) < 4.78 is 22.6. The summed E-state index contributed by atoms with van der Waals surface area (Å²) in [6.07, 6.45) is 0. The van der Waals surface area contributed by atoms with E-state index in [0.717, 1.165) is 0 Å². The molecule has 0 aromatic heterocycles. The van der Waals surface area contributed by atoms with Gasteiger partial charge in [0.2, 0.25) is 0 Å². The van der Waals surface area contributed by atoms with E-state index in [1.165, 1.54) is 0 Å². The summed E-state index contributed by atoms with van der Waals surface area (Å²) >= 11 is 0. The second kappa shape index (κ2) is 5.96. The lowest BCUT2D eigenvalue weighted by molar-refractivity contribution is 0.381.